The monoisotopic (exact) mass is 235 g/mol. The summed E-state index contributed by atoms with van der Waals surface area (Å²) < 4.78 is 4.79. The van der Waals surface area contributed by atoms with Crippen molar-refractivity contribution in [3.63, 3.8) is 0 Å². The first kappa shape index (κ1) is 11.4. The van der Waals surface area contributed by atoms with Crippen molar-refractivity contribution in [2.45, 2.75) is 18.9 Å². The van der Waals surface area contributed by atoms with E-state index in [1.165, 1.54) is 12.1 Å². The Kier molecular flexibility index (Phi) is 3.27. The molecule has 0 spiro atoms. The Morgan fingerprint density at radius 3 is 2.71 bits per heavy atom. The molecule has 17 heavy (non-hydrogen) atoms. The third-order valence-corrected chi connectivity index (χ3v) is 2.40. The molecule has 1 aromatic carbocycles. The topological polar surface area (TPSA) is 75.6 Å². The van der Waals surface area contributed by atoms with Gasteiger partial charge in [0.25, 0.3) is 5.91 Å². The fourth-order valence-electron chi connectivity index (χ4n) is 1.35. The SMILES string of the molecule is O=C(COC(=O)c1ccccc1O)NC1CC1. The quantitative estimate of drug-likeness (QED) is 0.758. The van der Waals surface area contributed by atoms with Gasteiger partial charge in [-0.2, -0.15) is 0 Å². The van der Waals surface area contributed by atoms with E-state index in [-0.39, 0.29) is 29.9 Å². The van der Waals surface area contributed by atoms with Crippen LogP contribution in [0.4, 0.5) is 0 Å². The first-order valence-electron chi connectivity index (χ1n) is 5.41. The van der Waals surface area contributed by atoms with Crippen LogP contribution in [0.1, 0.15) is 23.2 Å². The van der Waals surface area contributed by atoms with Crippen LogP contribution in [0.2, 0.25) is 0 Å². The number of esters is 1. The zero-order chi connectivity index (χ0) is 12.3. The molecule has 0 unspecified atom stereocenters. The van der Waals surface area contributed by atoms with Crippen LogP contribution in [0.25, 0.3) is 0 Å². The number of phenolic OH excluding ortho intramolecular Hbond substituents is 1. The minimum absolute atomic E-state index is 0.0618. The highest BCUT2D eigenvalue weighted by Crippen LogP contribution is 2.18. The Morgan fingerprint density at radius 1 is 1.35 bits per heavy atom. The van der Waals surface area contributed by atoms with E-state index in [2.05, 4.69) is 5.32 Å². The molecule has 0 atom stereocenters. The Labute approximate surface area is 98.4 Å². The van der Waals surface area contributed by atoms with Crippen molar-refractivity contribution in [1.29, 1.82) is 0 Å². The average molecular weight is 235 g/mol. The van der Waals surface area contributed by atoms with Crippen molar-refractivity contribution in [1.82, 2.24) is 5.32 Å². The highest BCUT2D eigenvalue weighted by atomic mass is 16.5. The van der Waals surface area contributed by atoms with Gasteiger partial charge in [0.2, 0.25) is 0 Å². The van der Waals surface area contributed by atoms with Crippen molar-refractivity contribution >= 4 is 11.9 Å². The van der Waals surface area contributed by atoms with Gasteiger partial charge in [-0.05, 0) is 25.0 Å². The van der Waals surface area contributed by atoms with Gasteiger partial charge in [0.05, 0.1) is 0 Å². The highest BCUT2D eigenvalue weighted by Gasteiger charge is 2.23. The predicted octanol–water partition coefficient (Wildman–Crippen LogP) is 0.828. The van der Waals surface area contributed by atoms with E-state index in [0.29, 0.717) is 0 Å². The molecule has 5 heteroatoms. The first-order chi connectivity index (χ1) is 8.16. The molecule has 2 rings (SSSR count). The maximum Gasteiger partial charge on any atom is 0.342 e. The molecule has 5 nitrogen and oxygen atoms in total. The summed E-state index contributed by atoms with van der Waals surface area (Å²) in [5, 5.41) is 12.1. The van der Waals surface area contributed by atoms with E-state index >= 15 is 0 Å². The van der Waals surface area contributed by atoms with Crippen LogP contribution in [0.3, 0.4) is 0 Å². The van der Waals surface area contributed by atoms with Gasteiger partial charge in [-0.1, -0.05) is 12.1 Å². The van der Waals surface area contributed by atoms with Gasteiger partial charge in [-0.15, -0.1) is 0 Å². The second-order valence-electron chi connectivity index (χ2n) is 3.94. The van der Waals surface area contributed by atoms with Crippen LogP contribution in [0.15, 0.2) is 24.3 Å². The fourth-order valence-corrected chi connectivity index (χ4v) is 1.35. The molecule has 0 heterocycles. The van der Waals surface area contributed by atoms with Gasteiger partial charge in [-0.3, -0.25) is 4.79 Å². The summed E-state index contributed by atoms with van der Waals surface area (Å²) in [5.74, 6) is -1.16. The number of carbonyl (C=O) groups is 2. The number of benzene rings is 1. The van der Waals surface area contributed by atoms with E-state index < -0.39 is 5.97 Å². The number of hydrogen-bond acceptors (Lipinski definition) is 4. The van der Waals surface area contributed by atoms with Gasteiger partial charge in [0, 0.05) is 6.04 Å². The number of phenols is 1. The van der Waals surface area contributed by atoms with Crippen molar-refractivity contribution in [3.05, 3.63) is 29.8 Å². The van der Waals surface area contributed by atoms with Gasteiger partial charge in [0.1, 0.15) is 11.3 Å². The maximum absolute atomic E-state index is 11.5. The maximum atomic E-state index is 11.5. The van der Waals surface area contributed by atoms with Crippen LogP contribution < -0.4 is 5.32 Å². The number of amides is 1. The van der Waals surface area contributed by atoms with Gasteiger partial charge < -0.3 is 15.2 Å². The Bertz CT molecular complexity index is 440. The van der Waals surface area contributed by atoms with Crippen molar-refractivity contribution in [2.75, 3.05) is 6.61 Å². The molecule has 1 fully saturated rings. The molecular formula is C12H13NO4. The average Bonchev–Trinajstić information content (AvgIpc) is 3.10. The third-order valence-electron chi connectivity index (χ3n) is 2.40. The summed E-state index contributed by atoms with van der Waals surface area (Å²) in [6.45, 7) is -0.316. The number of rotatable bonds is 4. The molecule has 1 saturated carbocycles. The smallest absolute Gasteiger partial charge is 0.342 e. The summed E-state index contributed by atoms with van der Waals surface area (Å²) in [6, 6.07) is 6.29. The van der Waals surface area contributed by atoms with E-state index in [1.807, 2.05) is 0 Å². The van der Waals surface area contributed by atoms with Crippen LogP contribution in [0, 0.1) is 0 Å². The lowest BCUT2D eigenvalue weighted by molar-refractivity contribution is -0.124. The van der Waals surface area contributed by atoms with Crippen molar-refractivity contribution in [3.8, 4) is 5.75 Å². The Hall–Kier alpha value is -2.04. The lowest BCUT2D eigenvalue weighted by Gasteiger charge is -2.06. The normalized spacial score (nSPS) is 14.1. The molecule has 0 aromatic heterocycles. The predicted molar refractivity (Wildman–Crippen MR) is 59.6 cm³/mol. The molecule has 0 bridgehead atoms. The summed E-state index contributed by atoms with van der Waals surface area (Å²) >= 11 is 0. The number of ether oxygens (including phenoxy) is 1. The van der Waals surface area contributed by atoms with Crippen molar-refractivity contribution < 1.29 is 19.4 Å². The van der Waals surface area contributed by atoms with E-state index in [4.69, 9.17) is 4.74 Å². The van der Waals surface area contributed by atoms with Crippen molar-refractivity contribution in [2.24, 2.45) is 0 Å². The second kappa shape index (κ2) is 4.86. The molecule has 0 radical (unpaired) electrons. The largest absolute Gasteiger partial charge is 0.507 e. The number of aromatic hydroxyl groups is 1. The van der Waals surface area contributed by atoms with Gasteiger partial charge >= 0.3 is 5.97 Å². The minimum Gasteiger partial charge on any atom is -0.507 e. The van der Waals surface area contributed by atoms with Crippen LogP contribution in [-0.4, -0.2) is 29.6 Å². The van der Waals surface area contributed by atoms with Crippen LogP contribution >= 0.6 is 0 Å². The minimum atomic E-state index is -0.700. The molecule has 1 aliphatic rings. The summed E-state index contributed by atoms with van der Waals surface area (Å²) in [5.41, 5.74) is 0.0618. The Morgan fingerprint density at radius 2 is 2.06 bits per heavy atom. The molecule has 2 N–H and O–H groups in total. The van der Waals surface area contributed by atoms with Gasteiger partial charge in [0.15, 0.2) is 6.61 Å². The second-order valence-corrected chi connectivity index (χ2v) is 3.94. The number of nitrogens with one attached hydrogen (secondary N) is 1. The highest BCUT2D eigenvalue weighted by molar-refractivity contribution is 5.93. The zero-order valence-corrected chi connectivity index (χ0v) is 9.18. The van der Waals surface area contributed by atoms with Gasteiger partial charge in [-0.25, -0.2) is 4.79 Å². The molecule has 1 aliphatic carbocycles. The summed E-state index contributed by atoms with van der Waals surface area (Å²) in [7, 11) is 0. The summed E-state index contributed by atoms with van der Waals surface area (Å²) in [6.07, 6.45) is 1.97. The Balaban J connectivity index is 1.84. The molecule has 0 aliphatic heterocycles. The number of carbonyl (C=O) groups excluding carboxylic acids is 2. The molecule has 1 aromatic rings. The first-order valence-corrected chi connectivity index (χ1v) is 5.41. The standard InChI is InChI=1S/C12H13NO4/c14-10-4-2-1-3-9(10)12(16)17-7-11(15)13-8-5-6-8/h1-4,8,14H,5-7H2,(H,13,15). The van der Waals surface area contributed by atoms with E-state index in [9.17, 15) is 14.7 Å². The van der Waals surface area contributed by atoms with Crippen LogP contribution in [-0.2, 0) is 9.53 Å². The van der Waals surface area contributed by atoms with E-state index in [1.54, 1.807) is 12.1 Å². The molecule has 1 amide bonds. The zero-order valence-electron chi connectivity index (χ0n) is 9.18. The lowest BCUT2D eigenvalue weighted by atomic mass is 10.2. The molecular weight excluding hydrogens is 222 g/mol. The lowest BCUT2D eigenvalue weighted by Crippen LogP contribution is -2.30. The fraction of sp³-hybridized carbons (Fsp3) is 0.333. The number of hydrogen-bond donors (Lipinski definition) is 2. The van der Waals surface area contributed by atoms with Crippen LogP contribution in [0.5, 0.6) is 5.75 Å². The summed E-state index contributed by atoms with van der Waals surface area (Å²) in [4.78, 5) is 22.8. The molecule has 90 valence electrons. The molecule has 0 saturated heterocycles. The van der Waals surface area contributed by atoms with E-state index in [0.717, 1.165) is 12.8 Å². The number of para-hydroxylation sites is 1. The third kappa shape index (κ3) is 3.21.